The van der Waals surface area contributed by atoms with Crippen LogP contribution in [-0.2, 0) is 0 Å². The van der Waals surface area contributed by atoms with Crippen molar-refractivity contribution in [3.05, 3.63) is 33.9 Å². The first-order valence-electron chi connectivity index (χ1n) is 6.88. The number of rotatable bonds is 6. The van der Waals surface area contributed by atoms with E-state index in [9.17, 15) is 9.59 Å². The number of hydrogen-bond acceptors (Lipinski definition) is 3. The third kappa shape index (κ3) is 3.32. The zero-order valence-electron chi connectivity index (χ0n) is 11.2. The van der Waals surface area contributed by atoms with Crippen LogP contribution in [0.15, 0.2) is 29.1 Å². The van der Waals surface area contributed by atoms with E-state index in [0.29, 0.717) is 6.42 Å². The van der Waals surface area contributed by atoms with E-state index in [2.05, 4.69) is 6.92 Å². The first-order valence-corrected chi connectivity index (χ1v) is 7.69. The number of para-hydroxylation sites is 1. The second kappa shape index (κ2) is 6.66. The van der Waals surface area contributed by atoms with Gasteiger partial charge in [0.2, 0.25) is 5.91 Å². The fraction of sp³-hybridized carbons (Fsp3) is 0.467. The Morgan fingerprint density at radius 3 is 2.68 bits per heavy atom. The number of hydrogen-bond donors (Lipinski definition) is 0. The maximum absolute atomic E-state index is 12.1. The second-order valence-corrected chi connectivity index (χ2v) is 5.72. The fourth-order valence-corrected chi connectivity index (χ4v) is 3.08. The molecule has 1 heterocycles. The summed E-state index contributed by atoms with van der Waals surface area (Å²) in [6.07, 6.45) is 5.98. The molecule has 102 valence electrons. The van der Waals surface area contributed by atoms with Crippen molar-refractivity contribution in [1.29, 1.82) is 0 Å². The maximum atomic E-state index is 12.1. The van der Waals surface area contributed by atoms with E-state index in [1.54, 1.807) is 0 Å². The number of carbonyl (C=O) groups excluding carboxylic acids is 1. The Morgan fingerprint density at radius 2 is 1.89 bits per heavy atom. The smallest absolute Gasteiger partial charge is 0.274 e. The normalized spacial score (nSPS) is 11.0. The molecule has 0 aliphatic heterocycles. The molecule has 0 saturated carbocycles. The Kier molecular flexibility index (Phi) is 4.91. The van der Waals surface area contributed by atoms with Gasteiger partial charge in [-0.1, -0.05) is 56.1 Å². The molecule has 0 spiro atoms. The molecule has 0 amide bonds. The number of carbonyl (C=O) groups is 1. The summed E-state index contributed by atoms with van der Waals surface area (Å²) in [5.74, 6) is -0.0704. The van der Waals surface area contributed by atoms with Crippen LogP contribution < -0.4 is 4.87 Å². The average molecular weight is 277 g/mol. The minimum absolute atomic E-state index is 0.0704. The Balaban J connectivity index is 2.05. The number of benzene rings is 1. The van der Waals surface area contributed by atoms with Crippen molar-refractivity contribution in [2.24, 2.45) is 0 Å². The average Bonchev–Trinajstić information content (AvgIpc) is 2.74. The molecule has 4 heteroatoms. The van der Waals surface area contributed by atoms with E-state index in [0.717, 1.165) is 34.4 Å². The van der Waals surface area contributed by atoms with Crippen LogP contribution in [0.2, 0.25) is 0 Å². The molecule has 0 bridgehead atoms. The highest BCUT2D eigenvalue weighted by Crippen LogP contribution is 2.17. The third-order valence-corrected chi connectivity index (χ3v) is 4.15. The van der Waals surface area contributed by atoms with Gasteiger partial charge in [0.25, 0.3) is 0 Å². The van der Waals surface area contributed by atoms with Gasteiger partial charge in [0.05, 0.1) is 10.2 Å². The molecule has 0 aliphatic rings. The van der Waals surface area contributed by atoms with Gasteiger partial charge in [-0.25, -0.2) is 4.57 Å². The molecule has 3 nitrogen and oxygen atoms in total. The zero-order chi connectivity index (χ0) is 13.7. The van der Waals surface area contributed by atoms with E-state index >= 15 is 0 Å². The Bertz CT molecular complexity index is 612. The van der Waals surface area contributed by atoms with E-state index in [4.69, 9.17) is 0 Å². The van der Waals surface area contributed by atoms with E-state index in [-0.39, 0.29) is 10.8 Å². The molecule has 0 N–H and O–H groups in total. The van der Waals surface area contributed by atoms with Crippen LogP contribution in [0, 0.1) is 0 Å². The van der Waals surface area contributed by atoms with Crippen molar-refractivity contribution in [2.75, 3.05) is 0 Å². The number of unbranched alkanes of at least 4 members (excludes halogenated alkanes) is 4. The molecule has 1 aromatic heterocycles. The van der Waals surface area contributed by atoms with Crippen LogP contribution in [0.4, 0.5) is 0 Å². The maximum Gasteiger partial charge on any atom is 0.314 e. The molecule has 0 atom stereocenters. The molecule has 0 unspecified atom stereocenters. The molecular formula is C15H19NO2S. The fourth-order valence-electron chi connectivity index (χ4n) is 2.19. The van der Waals surface area contributed by atoms with Crippen molar-refractivity contribution in [3.63, 3.8) is 0 Å². The van der Waals surface area contributed by atoms with Crippen molar-refractivity contribution in [3.8, 4) is 0 Å². The van der Waals surface area contributed by atoms with Gasteiger partial charge in [-0.3, -0.25) is 9.59 Å². The molecule has 19 heavy (non-hydrogen) atoms. The highest BCUT2D eigenvalue weighted by Gasteiger charge is 2.13. The summed E-state index contributed by atoms with van der Waals surface area (Å²) in [7, 11) is 0. The van der Waals surface area contributed by atoms with Gasteiger partial charge in [0, 0.05) is 6.42 Å². The Hall–Kier alpha value is -1.42. The van der Waals surface area contributed by atoms with E-state index < -0.39 is 0 Å². The lowest BCUT2D eigenvalue weighted by atomic mass is 10.1. The minimum Gasteiger partial charge on any atom is -0.274 e. The molecule has 0 aliphatic carbocycles. The summed E-state index contributed by atoms with van der Waals surface area (Å²) < 4.78 is 2.21. The number of aromatic nitrogens is 1. The van der Waals surface area contributed by atoms with Gasteiger partial charge < -0.3 is 0 Å². The monoisotopic (exact) mass is 277 g/mol. The lowest BCUT2D eigenvalue weighted by Gasteiger charge is -2.02. The Labute approximate surface area is 116 Å². The lowest BCUT2D eigenvalue weighted by Crippen LogP contribution is -2.21. The number of thiazole rings is 1. The Morgan fingerprint density at radius 1 is 1.16 bits per heavy atom. The number of fused-ring (bicyclic) bond motifs is 1. The van der Waals surface area contributed by atoms with E-state index in [1.807, 2.05) is 24.3 Å². The summed E-state index contributed by atoms with van der Waals surface area (Å²) in [5, 5.41) is 0. The first-order chi connectivity index (χ1) is 9.24. The van der Waals surface area contributed by atoms with Crippen molar-refractivity contribution >= 4 is 27.5 Å². The lowest BCUT2D eigenvalue weighted by molar-refractivity contribution is 0.0902. The van der Waals surface area contributed by atoms with Gasteiger partial charge in [0.1, 0.15) is 0 Å². The van der Waals surface area contributed by atoms with Crippen molar-refractivity contribution in [2.45, 2.75) is 45.4 Å². The summed E-state index contributed by atoms with van der Waals surface area (Å²) in [4.78, 5) is 23.9. The van der Waals surface area contributed by atoms with Gasteiger partial charge in [0.15, 0.2) is 0 Å². The van der Waals surface area contributed by atoms with Gasteiger partial charge in [-0.15, -0.1) is 0 Å². The minimum atomic E-state index is -0.167. The van der Waals surface area contributed by atoms with Crippen LogP contribution in [0.25, 0.3) is 10.2 Å². The van der Waals surface area contributed by atoms with Gasteiger partial charge >= 0.3 is 4.87 Å². The highest BCUT2D eigenvalue weighted by molar-refractivity contribution is 7.16. The molecular weight excluding hydrogens is 258 g/mol. The second-order valence-electron chi connectivity index (χ2n) is 4.73. The van der Waals surface area contributed by atoms with Crippen LogP contribution in [0.5, 0.6) is 0 Å². The van der Waals surface area contributed by atoms with Crippen LogP contribution in [-0.4, -0.2) is 10.5 Å². The van der Waals surface area contributed by atoms with Crippen LogP contribution in [0.1, 0.15) is 50.2 Å². The van der Waals surface area contributed by atoms with Crippen LogP contribution in [0.3, 0.4) is 0 Å². The molecule has 2 rings (SSSR count). The van der Waals surface area contributed by atoms with Gasteiger partial charge in [-0.05, 0) is 18.6 Å². The summed E-state index contributed by atoms with van der Waals surface area (Å²) in [6, 6.07) is 7.46. The largest absolute Gasteiger partial charge is 0.314 e. The third-order valence-electron chi connectivity index (χ3n) is 3.23. The predicted octanol–water partition coefficient (Wildman–Crippen LogP) is 4.06. The molecule has 2 aromatic rings. The van der Waals surface area contributed by atoms with E-state index in [1.165, 1.54) is 23.8 Å². The summed E-state index contributed by atoms with van der Waals surface area (Å²) in [6.45, 7) is 2.17. The SMILES string of the molecule is CCCCCCCC(=O)n1c(=O)sc2ccccc21. The topological polar surface area (TPSA) is 39.1 Å². The number of nitrogens with zero attached hydrogens (tertiary/aromatic N) is 1. The molecule has 0 radical (unpaired) electrons. The molecule has 0 fully saturated rings. The predicted molar refractivity (Wildman–Crippen MR) is 80.1 cm³/mol. The van der Waals surface area contributed by atoms with Gasteiger partial charge in [-0.2, -0.15) is 0 Å². The van der Waals surface area contributed by atoms with Crippen LogP contribution >= 0.6 is 11.3 Å². The standard InChI is InChI=1S/C15H19NO2S/c1-2-3-4-5-6-11-14(17)16-12-9-7-8-10-13(12)19-15(16)18/h7-10H,2-6,11H2,1H3. The molecule has 0 saturated heterocycles. The summed E-state index contributed by atoms with van der Waals surface area (Å²) >= 11 is 1.14. The summed E-state index contributed by atoms with van der Waals surface area (Å²) in [5.41, 5.74) is 0.746. The quantitative estimate of drug-likeness (QED) is 0.747. The zero-order valence-corrected chi connectivity index (χ0v) is 12.0. The molecule has 1 aromatic carbocycles. The highest BCUT2D eigenvalue weighted by atomic mass is 32.1. The van der Waals surface area contributed by atoms with Crippen molar-refractivity contribution < 1.29 is 4.79 Å². The van der Waals surface area contributed by atoms with Crippen molar-refractivity contribution in [1.82, 2.24) is 4.57 Å². The first kappa shape index (κ1) is 14.0.